The molecule has 3 rings (SSSR count). The van der Waals surface area contributed by atoms with Crippen LogP contribution in [0.15, 0.2) is 66.4 Å². The van der Waals surface area contributed by atoms with Crippen molar-refractivity contribution in [1.82, 2.24) is 10.2 Å². The number of nitrogens with zero attached hydrogens (tertiary/aromatic N) is 1. The van der Waals surface area contributed by atoms with Crippen LogP contribution in [0.2, 0.25) is 5.02 Å². The highest BCUT2D eigenvalue weighted by Crippen LogP contribution is 2.20. The van der Waals surface area contributed by atoms with E-state index in [0.717, 1.165) is 5.56 Å². The number of Topliss-reactive ketones (excluding diaryl/α,β-unsaturated/α-hetero) is 1. The third-order valence-electron chi connectivity index (χ3n) is 3.83. The van der Waals surface area contributed by atoms with Crippen LogP contribution in [0.3, 0.4) is 0 Å². The summed E-state index contributed by atoms with van der Waals surface area (Å²) >= 11 is 5.85. The monoisotopic (exact) mass is 341 g/mol. The molecule has 0 radical (unpaired) electrons. The van der Waals surface area contributed by atoms with Gasteiger partial charge in [-0.25, -0.2) is 4.79 Å². The number of urea groups is 1. The molecular formula is C18H16ClN3O2. The minimum Gasteiger partial charge on any atom is -0.314 e. The lowest BCUT2D eigenvalue weighted by Crippen LogP contribution is -2.54. The van der Waals surface area contributed by atoms with Gasteiger partial charge < -0.3 is 16.0 Å². The van der Waals surface area contributed by atoms with Crippen LogP contribution in [0.5, 0.6) is 0 Å². The zero-order chi connectivity index (χ0) is 17.1. The highest BCUT2D eigenvalue weighted by Gasteiger charge is 2.31. The van der Waals surface area contributed by atoms with Crippen LogP contribution in [0, 0.1) is 0 Å². The van der Waals surface area contributed by atoms with Crippen molar-refractivity contribution in [3.63, 3.8) is 0 Å². The van der Waals surface area contributed by atoms with Crippen LogP contribution in [0.1, 0.15) is 15.9 Å². The molecule has 2 aromatic carbocycles. The summed E-state index contributed by atoms with van der Waals surface area (Å²) in [4.78, 5) is 26.2. The first-order valence-electron chi connectivity index (χ1n) is 7.43. The molecule has 1 aliphatic heterocycles. The molecule has 122 valence electrons. The molecule has 0 spiro atoms. The number of amides is 2. The first-order chi connectivity index (χ1) is 11.6. The average Bonchev–Trinajstić information content (AvgIpc) is 2.60. The zero-order valence-electron chi connectivity index (χ0n) is 12.8. The van der Waals surface area contributed by atoms with E-state index in [1.165, 1.54) is 11.1 Å². The SMILES string of the molecule is NC1C(C(=O)c2ccc(Cl)cc2)=CNC(=O)N1Cc1ccccc1. The van der Waals surface area contributed by atoms with Gasteiger partial charge in [-0.3, -0.25) is 4.79 Å². The molecule has 1 unspecified atom stereocenters. The summed E-state index contributed by atoms with van der Waals surface area (Å²) in [7, 11) is 0. The largest absolute Gasteiger partial charge is 0.323 e. The summed E-state index contributed by atoms with van der Waals surface area (Å²) in [6, 6.07) is 15.7. The van der Waals surface area contributed by atoms with E-state index in [1.54, 1.807) is 24.3 Å². The Labute approximate surface area is 144 Å². The Morgan fingerprint density at radius 3 is 2.46 bits per heavy atom. The molecule has 2 aromatic rings. The first kappa shape index (κ1) is 16.2. The van der Waals surface area contributed by atoms with Crippen molar-refractivity contribution in [3.8, 4) is 0 Å². The molecule has 1 atom stereocenters. The maximum absolute atomic E-state index is 12.7. The van der Waals surface area contributed by atoms with E-state index in [-0.39, 0.29) is 11.8 Å². The van der Waals surface area contributed by atoms with Gasteiger partial charge in [-0.2, -0.15) is 0 Å². The van der Waals surface area contributed by atoms with Gasteiger partial charge in [0.2, 0.25) is 0 Å². The Balaban J connectivity index is 1.83. The predicted molar refractivity (Wildman–Crippen MR) is 92.4 cm³/mol. The number of hydrogen-bond acceptors (Lipinski definition) is 3. The fourth-order valence-corrected chi connectivity index (χ4v) is 2.65. The summed E-state index contributed by atoms with van der Waals surface area (Å²) in [5.74, 6) is -0.239. The molecule has 0 bridgehead atoms. The highest BCUT2D eigenvalue weighted by molar-refractivity contribution is 6.30. The second-order valence-corrected chi connectivity index (χ2v) is 5.88. The van der Waals surface area contributed by atoms with E-state index >= 15 is 0 Å². The quantitative estimate of drug-likeness (QED) is 0.839. The maximum atomic E-state index is 12.7. The number of benzene rings is 2. The third-order valence-corrected chi connectivity index (χ3v) is 4.08. The lowest BCUT2D eigenvalue weighted by Gasteiger charge is -2.33. The lowest BCUT2D eigenvalue weighted by molar-refractivity contribution is 0.100. The van der Waals surface area contributed by atoms with Crippen molar-refractivity contribution < 1.29 is 9.59 Å². The van der Waals surface area contributed by atoms with E-state index in [1.807, 2.05) is 30.3 Å². The number of hydrogen-bond donors (Lipinski definition) is 2. The minimum absolute atomic E-state index is 0.239. The normalized spacial score (nSPS) is 17.2. The molecule has 1 heterocycles. The number of halogens is 1. The Morgan fingerprint density at radius 2 is 1.79 bits per heavy atom. The summed E-state index contributed by atoms with van der Waals surface area (Å²) in [6.07, 6.45) is 0.563. The van der Waals surface area contributed by atoms with Crippen LogP contribution >= 0.6 is 11.6 Å². The third kappa shape index (κ3) is 3.32. The zero-order valence-corrected chi connectivity index (χ0v) is 13.5. The van der Waals surface area contributed by atoms with Gasteiger partial charge in [-0.05, 0) is 29.8 Å². The predicted octanol–water partition coefficient (Wildman–Crippen LogP) is 2.92. The summed E-state index contributed by atoms with van der Waals surface area (Å²) in [5.41, 5.74) is 7.91. The second kappa shape index (κ2) is 6.86. The number of ketones is 1. The topological polar surface area (TPSA) is 75.4 Å². The number of rotatable bonds is 4. The fourth-order valence-electron chi connectivity index (χ4n) is 2.52. The van der Waals surface area contributed by atoms with Gasteiger partial charge in [0.1, 0.15) is 6.17 Å². The van der Waals surface area contributed by atoms with Crippen molar-refractivity contribution >= 4 is 23.4 Å². The van der Waals surface area contributed by atoms with Gasteiger partial charge in [0.15, 0.2) is 5.78 Å². The molecule has 2 amide bonds. The Morgan fingerprint density at radius 1 is 1.12 bits per heavy atom. The molecule has 0 aliphatic carbocycles. The molecule has 0 aromatic heterocycles. The molecule has 1 aliphatic rings. The van der Waals surface area contributed by atoms with Gasteiger partial charge in [0, 0.05) is 23.3 Å². The summed E-state index contributed by atoms with van der Waals surface area (Å²) in [5, 5.41) is 3.14. The van der Waals surface area contributed by atoms with Crippen LogP contribution in [0.25, 0.3) is 0 Å². The summed E-state index contributed by atoms with van der Waals surface area (Å²) in [6.45, 7) is 0.319. The fraction of sp³-hybridized carbons (Fsp3) is 0.111. The van der Waals surface area contributed by atoms with Gasteiger partial charge >= 0.3 is 6.03 Å². The molecule has 0 fully saturated rings. The van der Waals surface area contributed by atoms with E-state index in [2.05, 4.69) is 5.32 Å². The number of nitrogens with two attached hydrogens (primary N) is 1. The van der Waals surface area contributed by atoms with Crippen molar-refractivity contribution in [2.45, 2.75) is 12.7 Å². The van der Waals surface area contributed by atoms with E-state index in [9.17, 15) is 9.59 Å². The van der Waals surface area contributed by atoms with Crippen LogP contribution in [-0.4, -0.2) is 22.9 Å². The number of nitrogens with one attached hydrogen (secondary N) is 1. The molecular weight excluding hydrogens is 326 g/mol. The molecule has 3 N–H and O–H groups in total. The van der Waals surface area contributed by atoms with E-state index in [4.69, 9.17) is 17.3 Å². The van der Waals surface area contributed by atoms with Gasteiger partial charge in [0.25, 0.3) is 0 Å². The van der Waals surface area contributed by atoms with Crippen LogP contribution in [0.4, 0.5) is 4.79 Å². The van der Waals surface area contributed by atoms with E-state index < -0.39 is 6.17 Å². The molecule has 0 saturated carbocycles. The standard InChI is InChI=1S/C18H16ClN3O2/c19-14-8-6-13(7-9-14)16(23)15-10-21-18(24)22(17(15)20)11-12-4-2-1-3-5-12/h1-10,17H,11,20H2,(H,21,24). The van der Waals surface area contributed by atoms with E-state index in [0.29, 0.717) is 22.7 Å². The number of carbonyl (C=O) groups is 2. The smallest absolute Gasteiger partial charge is 0.314 e. The van der Waals surface area contributed by atoms with Crippen LogP contribution in [-0.2, 0) is 6.54 Å². The van der Waals surface area contributed by atoms with Crippen molar-refractivity contribution in [1.29, 1.82) is 0 Å². The minimum atomic E-state index is -0.817. The maximum Gasteiger partial charge on any atom is 0.323 e. The lowest BCUT2D eigenvalue weighted by atomic mass is 10.00. The highest BCUT2D eigenvalue weighted by atomic mass is 35.5. The molecule has 24 heavy (non-hydrogen) atoms. The van der Waals surface area contributed by atoms with Crippen LogP contribution < -0.4 is 11.1 Å². The Hall–Kier alpha value is -2.63. The van der Waals surface area contributed by atoms with Gasteiger partial charge in [0.05, 0.1) is 5.57 Å². The van der Waals surface area contributed by atoms with Crippen molar-refractivity contribution in [2.75, 3.05) is 0 Å². The van der Waals surface area contributed by atoms with Gasteiger partial charge in [-0.15, -0.1) is 0 Å². The Kier molecular flexibility index (Phi) is 4.64. The molecule has 5 nitrogen and oxygen atoms in total. The van der Waals surface area contributed by atoms with Crippen molar-refractivity contribution in [3.05, 3.63) is 82.5 Å². The molecule has 0 saturated heterocycles. The Bertz CT molecular complexity index is 788. The average molecular weight is 342 g/mol. The van der Waals surface area contributed by atoms with Crippen molar-refractivity contribution in [2.24, 2.45) is 5.73 Å². The summed E-state index contributed by atoms with van der Waals surface area (Å²) < 4.78 is 0. The number of carbonyl (C=O) groups excluding carboxylic acids is 2. The second-order valence-electron chi connectivity index (χ2n) is 5.44. The molecule has 6 heteroatoms. The van der Waals surface area contributed by atoms with Gasteiger partial charge in [-0.1, -0.05) is 41.9 Å². The first-order valence-corrected chi connectivity index (χ1v) is 7.81.